The summed E-state index contributed by atoms with van der Waals surface area (Å²) in [5.41, 5.74) is 3.83. The lowest BCUT2D eigenvalue weighted by Gasteiger charge is -2.14. The molecule has 1 N–H and O–H groups in total. The number of fused-ring (bicyclic) bond motifs is 2. The summed E-state index contributed by atoms with van der Waals surface area (Å²) in [5.74, 6) is 0.168. The van der Waals surface area contributed by atoms with Gasteiger partial charge in [-0.3, -0.25) is 0 Å². The second-order valence-corrected chi connectivity index (χ2v) is 6.29. The van der Waals surface area contributed by atoms with Crippen LogP contribution < -0.4 is 4.74 Å². The number of hydrogen-bond acceptors (Lipinski definition) is 4. The Morgan fingerprint density at radius 1 is 1.25 bits per heavy atom. The van der Waals surface area contributed by atoms with Crippen molar-refractivity contribution in [3.63, 3.8) is 0 Å². The van der Waals surface area contributed by atoms with Crippen LogP contribution in [-0.2, 0) is 17.6 Å². The van der Waals surface area contributed by atoms with Gasteiger partial charge in [0.2, 0.25) is 0 Å². The highest BCUT2D eigenvalue weighted by atomic mass is 16.5. The molecule has 0 saturated carbocycles. The number of hydrogen-bond donors (Lipinski definition) is 1. The average Bonchev–Trinajstić information content (AvgIpc) is 2.76. The quantitative estimate of drug-likeness (QED) is 0.676. The zero-order valence-electron chi connectivity index (χ0n) is 13.4. The fourth-order valence-corrected chi connectivity index (χ4v) is 3.26. The molecule has 1 atom stereocenters. The predicted molar refractivity (Wildman–Crippen MR) is 89.4 cm³/mol. The summed E-state index contributed by atoms with van der Waals surface area (Å²) in [7, 11) is 0. The number of carbonyl (C=O) groups is 1. The summed E-state index contributed by atoms with van der Waals surface area (Å²) in [6.45, 7) is 2.48. The summed E-state index contributed by atoms with van der Waals surface area (Å²) in [4.78, 5) is 12.3. The number of cyclic esters (lactones) is 1. The minimum Gasteiger partial charge on any atom is -0.507 e. The standard InChI is InChI=1S/C20H18O4/c1-12-7-8-14-16(23-11-12)10-15-17(9-13-5-3-2-4-6-13)24-20(22)18(15)19(14)21/h2-7,10,17,21H,8-9,11H2,1H3/t17-/m1/s1. The van der Waals surface area contributed by atoms with E-state index in [0.29, 0.717) is 36.3 Å². The van der Waals surface area contributed by atoms with Crippen LogP contribution in [0.3, 0.4) is 0 Å². The number of phenolic OH excluding ortho intramolecular Hbond substituents is 1. The molecule has 2 heterocycles. The molecule has 2 aliphatic heterocycles. The number of aromatic hydroxyl groups is 1. The highest BCUT2D eigenvalue weighted by molar-refractivity contribution is 5.98. The second-order valence-electron chi connectivity index (χ2n) is 6.29. The number of ether oxygens (including phenoxy) is 2. The van der Waals surface area contributed by atoms with Gasteiger partial charge in [0, 0.05) is 17.5 Å². The molecular formula is C20H18O4. The molecule has 0 aromatic heterocycles. The molecule has 122 valence electrons. The van der Waals surface area contributed by atoms with Crippen LogP contribution in [0.2, 0.25) is 0 Å². The van der Waals surface area contributed by atoms with Gasteiger partial charge in [-0.1, -0.05) is 36.4 Å². The largest absolute Gasteiger partial charge is 0.507 e. The van der Waals surface area contributed by atoms with E-state index >= 15 is 0 Å². The van der Waals surface area contributed by atoms with Gasteiger partial charge in [0.25, 0.3) is 0 Å². The molecule has 4 heteroatoms. The highest BCUT2D eigenvalue weighted by Crippen LogP contribution is 2.44. The van der Waals surface area contributed by atoms with Crippen molar-refractivity contribution in [2.75, 3.05) is 6.61 Å². The van der Waals surface area contributed by atoms with Crippen molar-refractivity contribution >= 4 is 5.97 Å². The first-order valence-electron chi connectivity index (χ1n) is 8.05. The van der Waals surface area contributed by atoms with E-state index in [1.807, 2.05) is 49.4 Å². The Balaban J connectivity index is 1.75. The molecule has 0 radical (unpaired) electrons. The van der Waals surface area contributed by atoms with E-state index in [2.05, 4.69) is 0 Å². The lowest BCUT2D eigenvalue weighted by atomic mass is 9.95. The molecule has 4 rings (SSSR count). The van der Waals surface area contributed by atoms with E-state index in [1.165, 1.54) is 0 Å². The highest BCUT2D eigenvalue weighted by Gasteiger charge is 2.36. The third-order valence-electron chi connectivity index (χ3n) is 4.57. The van der Waals surface area contributed by atoms with Gasteiger partial charge >= 0.3 is 5.97 Å². The van der Waals surface area contributed by atoms with Crippen LogP contribution in [0.4, 0.5) is 0 Å². The van der Waals surface area contributed by atoms with Gasteiger partial charge in [0.1, 0.15) is 29.8 Å². The smallest absolute Gasteiger partial charge is 0.342 e. The molecule has 0 aliphatic carbocycles. The second kappa shape index (κ2) is 5.71. The molecule has 4 nitrogen and oxygen atoms in total. The molecule has 0 bridgehead atoms. The first-order chi connectivity index (χ1) is 11.6. The maximum Gasteiger partial charge on any atom is 0.342 e. The topological polar surface area (TPSA) is 55.8 Å². The lowest BCUT2D eigenvalue weighted by Crippen LogP contribution is -2.03. The van der Waals surface area contributed by atoms with E-state index in [0.717, 1.165) is 11.1 Å². The van der Waals surface area contributed by atoms with Crippen molar-refractivity contribution in [2.45, 2.75) is 25.9 Å². The van der Waals surface area contributed by atoms with E-state index in [1.54, 1.807) is 0 Å². The van der Waals surface area contributed by atoms with E-state index < -0.39 is 12.1 Å². The molecule has 0 spiro atoms. The van der Waals surface area contributed by atoms with Crippen molar-refractivity contribution in [1.82, 2.24) is 0 Å². The number of benzene rings is 2. The van der Waals surface area contributed by atoms with Crippen LogP contribution in [0.1, 0.15) is 40.1 Å². The molecular weight excluding hydrogens is 304 g/mol. The first-order valence-corrected chi connectivity index (χ1v) is 8.05. The van der Waals surface area contributed by atoms with Gasteiger partial charge in [0.05, 0.1) is 0 Å². The van der Waals surface area contributed by atoms with Crippen molar-refractivity contribution < 1.29 is 19.4 Å². The van der Waals surface area contributed by atoms with Gasteiger partial charge < -0.3 is 14.6 Å². The summed E-state index contributed by atoms with van der Waals surface area (Å²) < 4.78 is 11.3. The number of esters is 1. The van der Waals surface area contributed by atoms with Crippen molar-refractivity contribution in [1.29, 1.82) is 0 Å². The van der Waals surface area contributed by atoms with Gasteiger partial charge in [-0.15, -0.1) is 0 Å². The van der Waals surface area contributed by atoms with Crippen LogP contribution in [0.25, 0.3) is 0 Å². The molecule has 24 heavy (non-hydrogen) atoms. The SMILES string of the molecule is CC1=CCc2c(cc3c(c2O)C(=O)O[C@@H]3Cc2ccccc2)OC1. The van der Waals surface area contributed by atoms with Gasteiger partial charge in [-0.2, -0.15) is 0 Å². The Morgan fingerprint density at radius 3 is 2.83 bits per heavy atom. The van der Waals surface area contributed by atoms with Gasteiger partial charge in [-0.25, -0.2) is 4.79 Å². The summed E-state index contributed by atoms with van der Waals surface area (Å²) in [6.07, 6.45) is 2.75. The van der Waals surface area contributed by atoms with E-state index in [-0.39, 0.29) is 11.3 Å². The fraction of sp³-hybridized carbons (Fsp3) is 0.250. The first kappa shape index (κ1) is 14.8. The maximum atomic E-state index is 12.3. The Hall–Kier alpha value is -2.75. The molecule has 0 amide bonds. The van der Waals surface area contributed by atoms with Gasteiger partial charge in [0.15, 0.2) is 0 Å². The van der Waals surface area contributed by atoms with Crippen LogP contribution in [-0.4, -0.2) is 17.7 Å². The monoisotopic (exact) mass is 322 g/mol. The third-order valence-corrected chi connectivity index (χ3v) is 4.57. The average molecular weight is 322 g/mol. The summed E-state index contributed by atoms with van der Waals surface area (Å²) in [5, 5.41) is 10.6. The molecule has 2 aliphatic rings. The number of allylic oxidation sites excluding steroid dienone is 1. The minimum atomic E-state index is -0.462. The Kier molecular flexibility index (Phi) is 3.53. The Bertz CT molecular complexity index is 836. The van der Waals surface area contributed by atoms with Gasteiger partial charge in [-0.05, 0) is 30.5 Å². The van der Waals surface area contributed by atoms with Crippen LogP contribution >= 0.6 is 0 Å². The van der Waals surface area contributed by atoms with Crippen molar-refractivity contribution in [2.24, 2.45) is 0 Å². The molecule has 2 aromatic carbocycles. The van der Waals surface area contributed by atoms with E-state index in [9.17, 15) is 9.90 Å². The Morgan fingerprint density at radius 2 is 2.04 bits per heavy atom. The summed E-state index contributed by atoms with van der Waals surface area (Å²) in [6, 6.07) is 11.7. The maximum absolute atomic E-state index is 12.3. The van der Waals surface area contributed by atoms with E-state index in [4.69, 9.17) is 9.47 Å². The number of carbonyl (C=O) groups excluding carboxylic acids is 1. The Labute approximate surface area is 140 Å². The zero-order valence-corrected chi connectivity index (χ0v) is 13.4. The lowest BCUT2D eigenvalue weighted by molar-refractivity contribution is 0.0385. The molecule has 0 unspecified atom stereocenters. The number of phenols is 1. The molecule has 0 fully saturated rings. The third kappa shape index (κ3) is 2.44. The van der Waals surface area contributed by atoms with Crippen molar-refractivity contribution in [3.8, 4) is 11.5 Å². The normalized spacial score (nSPS) is 18.8. The predicted octanol–water partition coefficient (Wildman–Crippen LogP) is 3.73. The fourth-order valence-electron chi connectivity index (χ4n) is 3.26. The van der Waals surface area contributed by atoms with Crippen LogP contribution in [0, 0.1) is 0 Å². The molecule has 0 saturated heterocycles. The minimum absolute atomic E-state index is 0.00554. The summed E-state index contributed by atoms with van der Waals surface area (Å²) >= 11 is 0. The van der Waals surface area contributed by atoms with Crippen LogP contribution in [0.5, 0.6) is 11.5 Å². The zero-order chi connectivity index (χ0) is 16.7. The number of rotatable bonds is 2. The van der Waals surface area contributed by atoms with Crippen molar-refractivity contribution in [3.05, 3.63) is 70.3 Å². The van der Waals surface area contributed by atoms with Crippen LogP contribution in [0.15, 0.2) is 48.0 Å². The molecule has 2 aromatic rings.